The third kappa shape index (κ3) is 32700. The number of rotatable bonds is 0. The van der Waals surface area contributed by atoms with Gasteiger partial charge in [-0.3, -0.25) is 0 Å². The fourth-order valence-corrected chi connectivity index (χ4v) is 0. The fourth-order valence-electron chi connectivity index (χ4n) is 0. The number of hydrogen-bond donors (Lipinski definition) is 1. The summed E-state index contributed by atoms with van der Waals surface area (Å²) in [6.45, 7) is 30.2. The predicted molar refractivity (Wildman–Crippen MR) is 94.1 cm³/mol. The molecule has 0 saturated heterocycles. The van der Waals surface area contributed by atoms with Gasteiger partial charge in [-0.25, -0.2) is 0 Å². The van der Waals surface area contributed by atoms with E-state index < -0.39 is 0 Å². The maximum atomic E-state index is 4.50. The largest absolute Gasteiger partial charge is 0.333 e. The second-order valence-corrected chi connectivity index (χ2v) is 0.707. The summed E-state index contributed by atoms with van der Waals surface area (Å²) in [5.41, 5.74) is 4.50. The Morgan fingerprint density at radius 1 is 0.529 bits per heavy atom. The minimum absolute atomic E-state index is 1.25. The molecule has 0 aliphatic rings. The molecule has 116 valence electrons. The lowest BCUT2D eigenvalue weighted by Gasteiger charge is -1.48. The van der Waals surface area contributed by atoms with Gasteiger partial charge in [-0.1, -0.05) is 89.5 Å². The van der Waals surface area contributed by atoms with E-state index in [-0.39, 0.29) is 0 Å². The Morgan fingerprint density at radius 2 is 0.529 bits per heavy atom. The molecule has 1 nitrogen and oxygen atoms in total. The zero-order valence-electron chi connectivity index (χ0n) is 15.7. The van der Waals surface area contributed by atoms with Crippen LogP contribution < -0.4 is 5.73 Å². The molecule has 17 heavy (non-hydrogen) atoms. The van der Waals surface area contributed by atoms with Crippen molar-refractivity contribution >= 4 is 0 Å². The van der Waals surface area contributed by atoms with Crippen LogP contribution in [0.3, 0.4) is 0 Å². The third-order valence-electron chi connectivity index (χ3n) is 0. The van der Waals surface area contributed by atoms with Gasteiger partial charge in [0.25, 0.3) is 0 Å². The van der Waals surface area contributed by atoms with Gasteiger partial charge >= 0.3 is 0 Å². The molecule has 0 spiro atoms. The summed E-state index contributed by atoms with van der Waals surface area (Å²) in [4.78, 5) is 0. The lowest BCUT2D eigenvalue weighted by atomic mass is 10.6. The molecule has 1 heteroatoms. The molecule has 0 fully saturated rings. The Kier molecular flexibility index (Phi) is 22100. The van der Waals surface area contributed by atoms with Crippen LogP contribution in [0.2, 0.25) is 0 Å². The second kappa shape index (κ2) is 6920. The molecule has 0 aliphatic heterocycles. The molecule has 0 aromatic heterocycles. The highest BCUT2D eigenvalue weighted by molar-refractivity contribution is 4.22. The van der Waals surface area contributed by atoms with Crippen LogP contribution in [0.15, 0.2) is 13.2 Å². The van der Waals surface area contributed by atoms with Gasteiger partial charge in [0.2, 0.25) is 0 Å². The molecule has 0 aromatic carbocycles. The maximum Gasteiger partial charge on any atom is -0.0195 e. The van der Waals surface area contributed by atoms with Gasteiger partial charge in [-0.05, 0) is 7.05 Å². The van der Waals surface area contributed by atoms with Crippen molar-refractivity contribution in [3.05, 3.63) is 13.2 Å². The first-order valence-electron chi connectivity index (χ1n) is 7.49. The number of hydrogen-bond acceptors (Lipinski definition) is 1. The van der Waals surface area contributed by atoms with Crippen LogP contribution in [-0.4, -0.2) is 7.05 Å². The molecule has 2 N–H and O–H groups in total. The molecule has 0 aromatic rings. The van der Waals surface area contributed by atoms with Crippen molar-refractivity contribution in [3.63, 3.8) is 0 Å². The van der Waals surface area contributed by atoms with E-state index in [0.29, 0.717) is 0 Å². The topological polar surface area (TPSA) is 26.0 Å². The smallest absolute Gasteiger partial charge is 0.0195 e. The van der Waals surface area contributed by atoms with Crippen molar-refractivity contribution in [1.29, 1.82) is 0 Å². The van der Waals surface area contributed by atoms with Gasteiger partial charge < -0.3 is 5.73 Å². The third-order valence-corrected chi connectivity index (χ3v) is 0. The van der Waals surface area contributed by atoms with Crippen LogP contribution in [0, 0.1) is 0 Å². The van der Waals surface area contributed by atoms with E-state index in [2.05, 4.69) is 32.7 Å². The van der Waals surface area contributed by atoms with E-state index in [9.17, 15) is 0 Å². The van der Waals surface area contributed by atoms with Crippen LogP contribution in [0.5, 0.6) is 0 Å². The zero-order chi connectivity index (χ0) is 16.7. The van der Waals surface area contributed by atoms with Gasteiger partial charge in [0.15, 0.2) is 0 Å². The summed E-state index contributed by atoms with van der Waals surface area (Å²) in [6, 6.07) is 0. The maximum absolute atomic E-state index is 4.50. The van der Waals surface area contributed by atoms with Gasteiger partial charge in [0, 0.05) is 0 Å². The number of nitrogens with two attached hydrogens (primary N) is 1. The minimum Gasteiger partial charge on any atom is -0.333 e. The van der Waals surface area contributed by atoms with Crippen molar-refractivity contribution in [2.75, 3.05) is 7.05 Å². The zero-order valence-corrected chi connectivity index (χ0v) is 15.7. The Labute approximate surface area is 116 Å². The molecule has 0 unspecified atom stereocenters. The van der Waals surface area contributed by atoms with Crippen LogP contribution >= 0.6 is 0 Å². The summed E-state index contributed by atoms with van der Waals surface area (Å²) < 4.78 is 0. The van der Waals surface area contributed by atoms with E-state index in [0.717, 1.165) is 0 Å². The Morgan fingerprint density at radius 3 is 0.529 bits per heavy atom. The van der Waals surface area contributed by atoms with Gasteiger partial charge in [-0.15, -0.1) is 13.2 Å². The summed E-state index contributed by atoms with van der Waals surface area (Å²) in [7, 11) is 1.50. The summed E-state index contributed by atoms with van der Waals surface area (Å²) in [5, 5.41) is 0. The molecule has 0 amide bonds. The standard InChI is InChI=1S/C3H8.5C2H6.C2H4.CH5N/c1-3-2;7*1-2/h3H2,1-2H3;5*1-2H3;1-2H2;2H2,1H3. The molecule has 0 bridgehead atoms. The monoisotopic (exact) mass is 253 g/mol. The highest BCUT2D eigenvalue weighted by Gasteiger charge is 1.35. The van der Waals surface area contributed by atoms with E-state index in [4.69, 9.17) is 0 Å². The van der Waals surface area contributed by atoms with Crippen LogP contribution in [-0.2, 0) is 0 Å². The summed E-state index contributed by atoms with van der Waals surface area (Å²) >= 11 is 0. The predicted octanol–water partition coefficient (Wildman–Crippen LogP) is 6.92. The highest BCUT2D eigenvalue weighted by atomic mass is 14.4. The molecular formula is C16H47N. The first-order valence-corrected chi connectivity index (χ1v) is 7.49. The quantitative estimate of drug-likeness (QED) is 0.466. The molecule has 0 atom stereocenters. The van der Waals surface area contributed by atoms with E-state index in [1.165, 1.54) is 13.5 Å². The molecule has 0 aliphatic carbocycles. The summed E-state index contributed by atoms with van der Waals surface area (Å²) in [5.74, 6) is 0. The van der Waals surface area contributed by atoms with Crippen molar-refractivity contribution in [2.45, 2.75) is 89.5 Å². The van der Waals surface area contributed by atoms with Gasteiger partial charge in [0.05, 0.1) is 0 Å². The van der Waals surface area contributed by atoms with E-state index in [1.807, 2.05) is 69.2 Å². The van der Waals surface area contributed by atoms with Crippen molar-refractivity contribution in [1.82, 2.24) is 0 Å². The van der Waals surface area contributed by atoms with E-state index >= 15 is 0 Å². The van der Waals surface area contributed by atoms with Crippen molar-refractivity contribution in [3.8, 4) is 0 Å². The molecule has 0 heterocycles. The minimum atomic E-state index is 1.25. The fraction of sp³-hybridized carbons (Fsp3) is 0.875. The van der Waals surface area contributed by atoms with Crippen molar-refractivity contribution in [2.24, 2.45) is 5.73 Å². The van der Waals surface area contributed by atoms with Gasteiger partial charge in [0.1, 0.15) is 0 Å². The molecular weight excluding hydrogens is 206 g/mol. The highest BCUT2D eigenvalue weighted by Crippen LogP contribution is 1.56. The SMILES string of the molecule is C=C.CC.CC.CC.CC.CC.CCC.CN. The molecule has 0 rings (SSSR count). The Hall–Kier alpha value is -0.300. The van der Waals surface area contributed by atoms with E-state index in [1.54, 1.807) is 0 Å². The van der Waals surface area contributed by atoms with Gasteiger partial charge in [-0.2, -0.15) is 0 Å². The first kappa shape index (κ1) is 54.4. The lowest BCUT2D eigenvalue weighted by Crippen LogP contribution is -1.69. The van der Waals surface area contributed by atoms with Crippen LogP contribution in [0.25, 0.3) is 0 Å². The first-order chi connectivity index (χ1) is 8.41. The average molecular weight is 254 g/mol. The average Bonchev–Trinajstić information content (AvgIpc) is 2.53. The Balaban J connectivity index is -0.00000000914. The summed E-state index contributed by atoms with van der Waals surface area (Å²) in [6.07, 6.45) is 1.25. The van der Waals surface area contributed by atoms with Crippen LogP contribution in [0.4, 0.5) is 0 Å². The normalized spacial score (nSPS) is 3.41. The van der Waals surface area contributed by atoms with Crippen molar-refractivity contribution < 1.29 is 0 Å². The molecule has 0 radical (unpaired) electrons. The van der Waals surface area contributed by atoms with Crippen LogP contribution in [0.1, 0.15) is 89.5 Å². The Bertz CT molecular complexity index is 9.49. The second-order valence-electron chi connectivity index (χ2n) is 0.707. The molecule has 0 saturated carbocycles. The lowest BCUT2D eigenvalue weighted by molar-refractivity contribution is 1.09.